The smallest absolute Gasteiger partial charge is 0.00793 e. The first-order valence-electron chi connectivity index (χ1n) is 10.6. The van der Waals surface area contributed by atoms with E-state index in [4.69, 9.17) is 5.73 Å². The maximum atomic E-state index is 6.24. The Kier molecular flexibility index (Phi) is 17.9. The Morgan fingerprint density at radius 3 is 1.60 bits per heavy atom. The molecule has 25 heavy (non-hydrogen) atoms. The van der Waals surface area contributed by atoms with E-state index >= 15 is 0 Å². The molecule has 1 unspecified atom stereocenters. The molecule has 1 atom stereocenters. The minimum absolute atomic E-state index is 0. The molecule has 0 radical (unpaired) electrons. The van der Waals surface area contributed by atoms with Gasteiger partial charge in [0.05, 0.1) is 0 Å². The Bertz CT molecular complexity index is 366. The summed E-state index contributed by atoms with van der Waals surface area (Å²) in [6, 6.07) is 11.0. The second-order valence-corrected chi connectivity index (χ2v) is 7.48. The lowest BCUT2D eigenvalue weighted by molar-refractivity contribution is 0.515. The number of halogens is 1. The van der Waals surface area contributed by atoms with Gasteiger partial charge in [-0.15, -0.1) is 12.4 Å². The zero-order valence-corrected chi connectivity index (χ0v) is 17.4. The van der Waals surface area contributed by atoms with Crippen LogP contribution in [0.1, 0.15) is 102 Å². The molecule has 0 spiro atoms. The van der Waals surface area contributed by atoms with Crippen LogP contribution in [0.4, 0.5) is 0 Å². The second-order valence-electron chi connectivity index (χ2n) is 7.48. The highest BCUT2D eigenvalue weighted by atomic mass is 35.5. The van der Waals surface area contributed by atoms with Crippen molar-refractivity contribution in [1.29, 1.82) is 0 Å². The first-order valence-corrected chi connectivity index (χ1v) is 10.6. The molecule has 0 aliphatic heterocycles. The van der Waals surface area contributed by atoms with E-state index in [1.165, 1.54) is 95.5 Å². The van der Waals surface area contributed by atoms with Gasteiger partial charge in [-0.1, -0.05) is 121 Å². The van der Waals surface area contributed by atoms with Gasteiger partial charge in [0, 0.05) is 6.04 Å². The molecule has 146 valence electrons. The summed E-state index contributed by atoms with van der Waals surface area (Å²) in [5.74, 6) is 0. The van der Waals surface area contributed by atoms with Crippen LogP contribution >= 0.6 is 12.4 Å². The average Bonchev–Trinajstić information content (AvgIpc) is 2.60. The van der Waals surface area contributed by atoms with Gasteiger partial charge in [-0.25, -0.2) is 0 Å². The molecule has 0 saturated carbocycles. The van der Waals surface area contributed by atoms with Crippen molar-refractivity contribution in [3.8, 4) is 0 Å². The second kappa shape index (κ2) is 18.3. The standard InChI is InChI=1S/C23H41N.ClH/c1-2-3-4-5-6-7-8-9-10-11-12-13-17-20-23(24)21-22-18-15-14-16-19-22;/h14-16,18-19,23H,2-13,17,20-21,24H2,1H3;1H. The lowest BCUT2D eigenvalue weighted by atomic mass is 10.00. The molecule has 0 heterocycles. The van der Waals surface area contributed by atoms with Crippen LogP contribution in [0.25, 0.3) is 0 Å². The van der Waals surface area contributed by atoms with Crippen LogP contribution in [-0.4, -0.2) is 6.04 Å². The minimum atomic E-state index is 0. The average molecular weight is 368 g/mol. The molecule has 1 aromatic carbocycles. The molecule has 0 saturated heterocycles. The number of rotatable bonds is 16. The maximum absolute atomic E-state index is 6.24. The highest BCUT2D eigenvalue weighted by molar-refractivity contribution is 5.85. The molecule has 1 aromatic rings. The molecule has 2 N–H and O–H groups in total. The molecule has 2 heteroatoms. The van der Waals surface area contributed by atoms with Gasteiger partial charge in [-0.05, 0) is 18.4 Å². The molecular weight excluding hydrogens is 326 g/mol. The van der Waals surface area contributed by atoms with Crippen molar-refractivity contribution in [3.63, 3.8) is 0 Å². The molecule has 0 fully saturated rings. The van der Waals surface area contributed by atoms with Crippen molar-refractivity contribution in [2.75, 3.05) is 0 Å². The number of unbranched alkanes of at least 4 members (excludes halogenated alkanes) is 12. The Labute approximate surface area is 163 Å². The van der Waals surface area contributed by atoms with Crippen molar-refractivity contribution in [2.24, 2.45) is 5.73 Å². The Morgan fingerprint density at radius 1 is 0.680 bits per heavy atom. The summed E-state index contributed by atoms with van der Waals surface area (Å²) in [6.07, 6.45) is 20.6. The normalized spacial score (nSPS) is 11.9. The van der Waals surface area contributed by atoms with E-state index in [9.17, 15) is 0 Å². The summed E-state index contributed by atoms with van der Waals surface area (Å²) in [4.78, 5) is 0. The lowest BCUT2D eigenvalue weighted by Gasteiger charge is -2.11. The third kappa shape index (κ3) is 15.4. The summed E-state index contributed by atoms with van der Waals surface area (Å²) in [5.41, 5.74) is 7.62. The highest BCUT2D eigenvalue weighted by Gasteiger charge is 2.03. The van der Waals surface area contributed by atoms with Crippen molar-refractivity contribution < 1.29 is 0 Å². The molecular formula is C23H42ClN. The monoisotopic (exact) mass is 367 g/mol. The third-order valence-electron chi connectivity index (χ3n) is 5.02. The number of hydrogen-bond acceptors (Lipinski definition) is 1. The molecule has 0 aliphatic carbocycles. The molecule has 0 aliphatic rings. The van der Waals surface area contributed by atoms with Crippen molar-refractivity contribution in [3.05, 3.63) is 35.9 Å². The van der Waals surface area contributed by atoms with Crippen LogP contribution in [0.3, 0.4) is 0 Å². The van der Waals surface area contributed by atoms with Gasteiger partial charge in [0.15, 0.2) is 0 Å². The number of hydrogen-bond donors (Lipinski definition) is 1. The third-order valence-corrected chi connectivity index (χ3v) is 5.02. The van der Waals surface area contributed by atoms with Gasteiger partial charge >= 0.3 is 0 Å². The fraction of sp³-hybridized carbons (Fsp3) is 0.739. The SMILES string of the molecule is CCCCCCCCCCCCCCCC(N)Cc1ccccc1.Cl. The van der Waals surface area contributed by atoms with Crippen LogP contribution in [0.15, 0.2) is 30.3 Å². The maximum Gasteiger partial charge on any atom is 0.00793 e. The molecule has 1 nitrogen and oxygen atoms in total. The molecule has 0 bridgehead atoms. The Morgan fingerprint density at radius 2 is 1.12 bits per heavy atom. The molecule has 0 aromatic heterocycles. The number of benzene rings is 1. The van der Waals surface area contributed by atoms with Crippen LogP contribution in [0.5, 0.6) is 0 Å². The minimum Gasteiger partial charge on any atom is -0.327 e. The van der Waals surface area contributed by atoms with Crippen molar-refractivity contribution in [1.82, 2.24) is 0 Å². The molecule has 1 rings (SSSR count). The van der Waals surface area contributed by atoms with Crippen LogP contribution < -0.4 is 5.73 Å². The van der Waals surface area contributed by atoms with Crippen LogP contribution in [0, 0.1) is 0 Å². The fourth-order valence-electron chi connectivity index (χ4n) is 3.44. The number of nitrogens with two attached hydrogens (primary N) is 1. The summed E-state index contributed by atoms with van der Waals surface area (Å²) in [6.45, 7) is 2.29. The van der Waals surface area contributed by atoms with Gasteiger partial charge in [0.2, 0.25) is 0 Å². The summed E-state index contributed by atoms with van der Waals surface area (Å²) < 4.78 is 0. The largest absolute Gasteiger partial charge is 0.327 e. The predicted octanol–water partition coefficient (Wildman–Crippen LogP) is 7.46. The Balaban J connectivity index is 0.00000576. The summed E-state index contributed by atoms with van der Waals surface area (Å²) >= 11 is 0. The lowest BCUT2D eigenvalue weighted by Crippen LogP contribution is -2.22. The Hall–Kier alpha value is -0.530. The predicted molar refractivity (Wildman–Crippen MR) is 116 cm³/mol. The topological polar surface area (TPSA) is 26.0 Å². The van der Waals surface area contributed by atoms with E-state index in [1.807, 2.05) is 0 Å². The van der Waals surface area contributed by atoms with Gasteiger partial charge < -0.3 is 5.73 Å². The van der Waals surface area contributed by atoms with Crippen molar-refractivity contribution in [2.45, 2.75) is 109 Å². The van der Waals surface area contributed by atoms with E-state index in [0.717, 1.165) is 6.42 Å². The van der Waals surface area contributed by atoms with E-state index in [2.05, 4.69) is 37.3 Å². The summed E-state index contributed by atoms with van der Waals surface area (Å²) in [7, 11) is 0. The van der Waals surface area contributed by atoms with Gasteiger partial charge in [0.1, 0.15) is 0 Å². The van der Waals surface area contributed by atoms with Gasteiger partial charge in [-0.2, -0.15) is 0 Å². The first-order chi connectivity index (χ1) is 11.8. The van der Waals surface area contributed by atoms with Crippen LogP contribution in [-0.2, 0) is 6.42 Å². The van der Waals surface area contributed by atoms with E-state index in [-0.39, 0.29) is 12.4 Å². The van der Waals surface area contributed by atoms with Crippen molar-refractivity contribution >= 4 is 12.4 Å². The van der Waals surface area contributed by atoms with E-state index in [0.29, 0.717) is 6.04 Å². The zero-order chi connectivity index (χ0) is 17.3. The first kappa shape index (κ1) is 24.5. The highest BCUT2D eigenvalue weighted by Crippen LogP contribution is 2.14. The van der Waals surface area contributed by atoms with E-state index < -0.39 is 0 Å². The fourth-order valence-corrected chi connectivity index (χ4v) is 3.44. The molecule has 0 amide bonds. The quantitative estimate of drug-likeness (QED) is 0.301. The van der Waals surface area contributed by atoms with Gasteiger partial charge in [-0.3, -0.25) is 0 Å². The van der Waals surface area contributed by atoms with Gasteiger partial charge in [0.25, 0.3) is 0 Å². The van der Waals surface area contributed by atoms with E-state index in [1.54, 1.807) is 0 Å². The summed E-state index contributed by atoms with van der Waals surface area (Å²) in [5, 5.41) is 0. The van der Waals surface area contributed by atoms with Crippen LogP contribution in [0.2, 0.25) is 0 Å². The zero-order valence-electron chi connectivity index (χ0n) is 16.6.